The molecule has 3 nitrogen and oxygen atoms in total. The topological polar surface area (TPSA) is 9.72 Å². The highest BCUT2D eigenvalue weighted by atomic mass is 15.3. The van der Waals surface area contributed by atoms with Crippen molar-refractivity contribution in [3.8, 4) is 0 Å². The monoisotopic (exact) mass is 291 g/mol. The highest BCUT2D eigenvalue weighted by Gasteiger charge is 2.25. The minimum atomic E-state index is 0.814. The molecule has 2 aliphatic heterocycles. The van der Waals surface area contributed by atoms with Crippen LogP contribution in [0.1, 0.15) is 38.5 Å². The van der Waals surface area contributed by atoms with E-state index in [1.54, 1.807) is 0 Å². The normalized spacial score (nSPS) is 33.4. The Morgan fingerprint density at radius 3 is 2.29 bits per heavy atom. The van der Waals surface area contributed by atoms with Gasteiger partial charge >= 0.3 is 0 Å². The summed E-state index contributed by atoms with van der Waals surface area (Å²) in [7, 11) is 2.32. The van der Waals surface area contributed by atoms with Crippen molar-refractivity contribution in [1.29, 1.82) is 0 Å². The van der Waals surface area contributed by atoms with Gasteiger partial charge in [0.25, 0.3) is 0 Å². The van der Waals surface area contributed by atoms with E-state index in [2.05, 4.69) is 33.9 Å². The molecular weight excluding hydrogens is 258 g/mol. The van der Waals surface area contributed by atoms with E-state index in [1.807, 2.05) is 0 Å². The number of rotatable bonds is 4. The first-order valence-electron chi connectivity index (χ1n) is 9.11. The number of hydrogen-bond acceptors (Lipinski definition) is 3. The molecule has 1 aliphatic carbocycles. The molecule has 3 heteroatoms. The van der Waals surface area contributed by atoms with Crippen molar-refractivity contribution in [3.63, 3.8) is 0 Å². The predicted molar refractivity (Wildman–Crippen MR) is 89.6 cm³/mol. The Morgan fingerprint density at radius 1 is 0.857 bits per heavy atom. The van der Waals surface area contributed by atoms with Crippen LogP contribution in [0.3, 0.4) is 0 Å². The molecule has 0 unspecified atom stereocenters. The minimum absolute atomic E-state index is 0.814. The second-order valence-corrected chi connectivity index (χ2v) is 7.38. The first kappa shape index (κ1) is 15.5. The van der Waals surface area contributed by atoms with Crippen LogP contribution in [-0.2, 0) is 0 Å². The van der Waals surface area contributed by atoms with E-state index in [4.69, 9.17) is 0 Å². The van der Waals surface area contributed by atoms with Gasteiger partial charge in [-0.25, -0.2) is 0 Å². The maximum Gasteiger partial charge on any atom is 0.0220 e. The summed E-state index contributed by atoms with van der Waals surface area (Å²) < 4.78 is 0. The van der Waals surface area contributed by atoms with Gasteiger partial charge in [0.2, 0.25) is 0 Å². The van der Waals surface area contributed by atoms with Crippen molar-refractivity contribution in [2.24, 2.45) is 5.92 Å². The maximum atomic E-state index is 2.71. The molecule has 3 rings (SSSR count). The number of piperazine rings is 1. The van der Waals surface area contributed by atoms with E-state index in [0.717, 1.165) is 12.0 Å². The Balaban J connectivity index is 1.37. The smallest absolute Gasteiger partial charge is 0.0220 e. The SMILES string of the molecule is CN1CCCC[C@@H]1CN1CCN(C[C@H]2CC=CCC2)CC1. The standard InChI is InChI=1S/C18H33N3/c1-19-10-6-5-9-18(19)16-21-13-11-20(12-14-21)15-17-7-3-2-4-8-17/h2-3,17-18H,4-16H2,1H3/t17-,18+/m0/s1. The van der Waals surface area contributed by atoms with Crippen LogP contribution in [0.15, 0.2) is 12.2 Å². The Kier molecular flexibility index (Phi) is 5.73. The Labute approximate surface area is 131 Å². The maximum absolute atomic E-state index is 2.71. The summed E-state index contributed by atoms with van der Waals surface area (Å²) in [5.41, 5.74) is 0. The average molecular weight is 291 g/mol. The van der Waals surface area contributed by atoms with E-state index in [1.165, 1.54) is 84.3 Å². The van der Waals surface area contributed by atoms with E-state index in [9.17, 15) is 0 Å². The molecule has 21 heavy (non-hydrogen) atoms. The molecule has 3 aliphatic rings. The molecule has 2 atom stereocenters. The van der Waals surface area contributed by atoms with Gasteiger partial charge < -0.3 is 9.80 Å². The van der Waals surface area contributed by atoms with Gasteiger partial charge in [-0.1, -0.05) is 18.6 Å². The van der Waals surface area contributed by atoms with Crippen molar-refractivity contribution >= 4 is 0 Å². The molecule has 2 saturated heterocycles. The molecule has 0 N–H and O–H groups in total. The third kappa shape index (κ3) is 4.54. The Hall–Kier alpha value is -0.380. The van der Waals surface area contributed by atoms with Crippen LogP contribution in [-0.4, -0.2) is 73.6 Å². The zero-order valence-electron chi connectivity index (χ0n) is 13.8. The average Bonchev–Trinajstić information content (AvgIpc) is 2.52. The van der Waals surface area contributed by atoms with Gasteiger partial charge in [0, 0.05) is 45.3 Å². The lowest BCUT2D eigenvalue weighted by Crippen LogP contribution is -2.52. The summed E-state index contributed by atoms with van der Waals surface area (Å²) in [4.78, 5) is 8.01. The van der Waals surface area contributed by atoms with Crippen molar-refractivity contribution in [2.75, 3.05) is 52.9 Å². The number of nitrogens with zero attached hydrogens (tertiary/aromatic N) is 3. The third-order valence-corrected chi connectivity index (χ3v) is 5.75. The molecule has 0 aromatic rings. The molecule has 0 saturated carbocycles. The van der Waals surface area contributed by atoms with Crippen molar-refractivity contribution < 1.29 is 0 Å². The van der Waals surface area contributed by atoms with Crippen LogP contribution in [0.25, 0.3) is 0 Å². The fraction of sp³-hybridized carbons (Fsp3) is 0.889. The van der Waals surface area contributed by atoms with Gasteiger partial charge in [0.05, 0.1) is 0 Å². The van der Waals surface area contributed by atoms with E-state index in [-0.39, 0.29) is 0 Å². The molecule has 0 aromatic carbocycles. The quantitative estimate of drug-likeness (QED) is 0.737. The van der Waals surface area contributed by atoms with Crippen LogP contribution in [0.5, 0.6) is 0 Å². The van der Waals surface area contributed by atoms with Crippen LogP contribution in [0.2, 0.25) is 0 Å². The zero-order chi connectivity index (χ0) is 14.5. The van der Waals surface area contributed by atoms with Gasteiger partial charge in [0.1, 0.15) is 0 Å². The lowest BCUT2D eigenvalue weighted by Gasteiger charge is -2.41. The van der Waals surface area contributed by atoms with Gasteiger partial charge in [-0.3, -0.25) is 4.90 Å². The van der Waals surface area contributed by atoms with Crippen molar-refractivity contribution in [1.82, 2.24) is 14.7 Å². The summed E-state index contributed by atoms with van der Waals surface area (Å²) in [5.74, 6) is 0.922. The minimum Gasteiger partial charge on any atom is -0.302 e. The van der Waals surface area contributed by atoms with Crippen LogP contribution in [0.4, 0.5) is 0 Å². The molecule has 0 aromatic heterocycles. The Morgan fingerprint density at radius 2 is 1.62 bits per heavy atom. The van der Waals surface area contributed by atoms with E-state index >= 15 is 0 Å². The number of likely N-dealkylation sites (tertiary alicyclic amines) is 1. The molecule has 0 radical (unpaired) electrons. The molecule has 0 bridgehead atoms. The Bertz CT molecular complexity index is 333. The highest BCUT2D eigenvalue weighted by molar-refractivity contribution is 4.91. The molecule has 120 valence electrons. The van der Waals surface area contributed by atoms with E-state index in [0.29, 0.717) is 0 Å². The third-order valence-electron chi connectivity index (χ3n) is 5.75. The van der Waals surface area contributed by atoms with Crippen LogP contribution in [0, 0.1) is 5.92 Å². The number of hydrogen-bond donors (Lipinski definition) is 0. The summed E-state index contributed by atoms with van der Waals surface area (Å²) in [6, 6.07) is 0.814. The molecule has 0 spiro atoms. The largest absolute Gasteiger partial charge is 0.302 e. The fourth-order valence-electron chi connectivity index (χ4n) is 4.21. The van der Waals surface area contributed by atoms with Crippen LogP contribution < -0.4 is 0 Å². The summed E-state index contributed by atoms with van der Waals surface area (Å²) in [5, 5.41) is 0. The lowest BCUT2D eigenvalue weighted by molar-refractivity contribution is 0.0771. The number of piperidine rings is 1. The summed E-state index contributed by atoms with van der Waals surface area (Å²) in [6.07, 6.45) is 13.0. The molecule has 2 heterocycles. The second-order valence-electron chi connectivity index (χ2n) is 7.38. The van der Waals surface area contributed by atoms with Gasteiger partial charge in [-0.2, -0.15) is 0 Å². The van der Waals surface area contributed by atoms with Gasteiger partial charge in [-0.15, -0.1) is 0 Å². The predicted octanol–water partition coefficient (Wildman–Crippen LogP) is 2.44. The van der Waals surface area contributed by atoms with Crippen molar-refractivity contribution in [3.05, 3.63) is 12.2 Å². The van der Waals surface area contributed by atoms with Crippen LogP contribution >= 0.6 is 0 Å². The molecule has 0 amide bonds. The summed E-state index contributed by atoms with van der Waals surface area (Å²) >= 11 is 0. The van der Waals surface area contributed by atoms with Gasteiger partial charge in [0.15, 0.2) is 0 Å². The molecule has 2 fully saturated rings. The van der Waals surface area contributed by atoms with E-state index < -0.39 is 0 Å². The second kappa shape index (κ2) is 7.75. The van der Waals surface area contributed by atoms with Crippen molar-refractivity contribution in [2.45, 2.75) is 44.6 Å². The zero-order valence-corrected chi connectivity index (χ0v) is 13.8. The number of allylic oxidation sites excluding steroid dienone is 2. The highest BCUT2D eigenvalue weighted by Crippen LogP contribution is 2.21. The first-order chi connectivity index (χ1) is 10.3. The summed E-state index contributed by atoms with van der Waals surface area (Å²) in [6.45, 7) is 9.09. The lowest BCUT2D eigenvalue weighted by atomic mass is 9.94. The fourth-order valence-corrected chi connectivity index (χ4v) is 4.21. The molecular formula is C18H33N3. The first-order valence-corrected chi connectivity index (χ1v) is 9.11. The van der Waals surface area contributed by atoms with Gasteiger partial charge in [-0.05, 0) is 51.6 Å². The number of likely N-dealkylation sites (N-methyl/N-ethyl adjacent to an activating group) is 1.